The molecule has 29 heavy (non-hydrogen) atoms. The van der Waals surface area contributed by atoms with Crippen LogP contribution in [-0.4, -0.2) is 11.6 Å². The number of benzene rings is 2. The van der Waals surface area contributed by atoms with E-state index in [9.17, 15) is 9.59 Å². The maximum absolute atomic E-state index is 13.5. The predicted molar refractivity (Wildman–Crippen MR) is 116 cm³/mol. The Balaban J connectivity index is 1.60. The normalized spacial score (nSPS) is 30.7. The van der Waals surface area contributed by atoms with Gasteiger partial charge in [0.25, 0.3) is 0 Å². The third-order valence-corrected chi connectivity index (χ3v) is 8.02. The van der Waals surface area contributed by atoms with Gasteiger partial charge in [0.05, 0.1) is 0 Å². The van der Waals surface area contributed by atoms with Crippen LogP contribution < -0.4 is 0 Å². The first-order chi connectivity index (χ1) is 14.0. The zero-order valence-electron chi connectivity index (χ0n) is 17.1. The van der Waals surface area contributed by atoms with E-state index in [4.69, 9.17) is 11.6 Å². The fourth-order valence-electron chi connectivity index (χ4n) is 6.40. The first-order valence-corrected chi connectivity index (χ1v) is 11.3. The number of Topliss-reactive ketones (excluding diaryl/α,β-unsaturated/α-hetero) is 2. The van der Waals surface area contributed by atoms with Crippen molar-refractivity contribution in [2.45, 2.75) is 51.9 Å². The molecule has 0 amide bonds. The van der Waals surface area contributed by atoms with E-state index in [-0.39, 0.29) is 23.4 Å². The summed E-state index contributed by atoms with van der Waals surface area (Å²) in [7, 11) is 0. The molecular weight excluding hydrogens is 380 g/mol. The highest BCUT2D eigenvalue weighted by atomic mass is 35.5. The summed E-state index contributed by atoms with van der Waals surface area (Å²) in [6.45, 7) is 4.15. The van der Waals surface area contributed by atoms with Crippen LogP contribution in [0.15, 0.2) is 36.4 Å². The van der Waals surface area contributed by atoms with Gasteiger partial charge < -0.3 is 0 Å². The molecule has 4 aliphatic rings. The van der Waals surface area contributed by atoms with E-state index in [0.29, 0.717) is 11.8 Å². The second-order valence-corrected chi connectivity index (χ2v) is 9.63. The first kappa shape index (κ1) is 19.1. The molecule has 0 saturated heterocycles. The van der Waals surface area contributed by atoms with Crippen LogP contribution in [0.25, 0.3) is 11.1 Å². The molecule has 150 valence electrons. The summed E-state index contributed by atoms with van der Waals surface area (Å²) in [5.74, 6) is 0.657. The number of hydrogen-bond acceptors (Lipinski definition) is 2. The van der Waals surface area contributed by atoms with Gasteiger partial charge in [0.2, 0.25) is 0 Å². The van der Waals surface area contributed by atoms with Crippen molar-refractivity contribution in [2.24, 2.45) is 23.7 Å². The Labute approximate surface area is 177 Å². The molecule has 0 heterocycles. The van der Waals surface area contributed by atoms with E-state index in [0.717, 1.165) is 64.9 Å². The van der Waals surface area contributed by atoms with Crippen molar-refractivity contribution in [3.63, 3.8) is 0 Å². The molecule has 1 unspecified atom stereocenters. The van der Waals surface area contributed by atoms with Crippen molar-refractivity contribution in [1.82, 2.24) is 0 Å². The Kier molecular flexibility index (Phi) is 4.66. The molecule has 0 spiro atoms. The maximum Gasteiger partial charge on any atom is 0.151 e. The highest BCUT2D eigenvalue weighted by molar-refractivity contribution is 6.30. The minimum absolute atomic E-state index is 0.0226. The Hall–Kier alpha value is -1.93. The molecule has 3 atom stereocenters. The van der Waals surface area contributed by atoms with Crippen LogP contribution in [0.4, 0.5) is 0 Å². The third kappa shape index (κ3) is 2.91. The van der Waals surface area contributed by atoms with E-state index in [2.05, 4.69) is 25.1 Å². The Morgan fingerprint density at radius 3 is 2.07 bits per heavy atom. The van der Waals surface area contributed by atoms with Gasteiger partial charge in [-0.25, -0.2) is 0 Å². The van der Waals surface area contributed by atoms with Crippen LogP contribution >= 0.6 is 11.6 Å². The summed E-state index contributed by atoms with van der Waals surface area (Å²) >= 11 is 6.14. The lowest BCUT2D eigenvalue weighted by Gasteiger charge is -2.43. The Morgan fingerprint density at radius 1 is 0.897 bits per heavy atom. The van der Waals surface area contributed by atoms with Gasteiger partial charge in [0.1, 0.15) is 5.92 Å². The summed E-state index contributed by atoms with van der Waals surface area (Å²) in [5.41, 5.74) is 5.34. The van der Waals surface area contributed by atoms with Crippen molar-refractivity contribution in [2.75, 3.05) is 0 Å². The van der Waals surface area contributed by atoms with Crippen LogP contribution in [0.5, 0.6) is 0 Å². The SMILES string of the molecule is CCc1ccc(-c2ccc(Cl)cc2C)cc1C1C(=O)[C@@H]2C3CCC(CC3)[C@@H]2C1=O. The predicted octanol–water partition coefficient (Wildman–Crippen LogP) is 6.17. The molecule has 0 aliphatic heterocycles. The Bertz CT molecular complexity index is 970. The van der Waals surface area contributed by atoms with Gasteiger partial charge in [-0.05, 0) is 96.9 Å². The number of carbonyl (C=O) groups is 2. The summed E-state index contributed by atoms with van der Waals surface area (Å²) in [6.07, 6.45) is 5.34. The van der Waals surface area contributed by atoms with E-state index >= 15 is 0 Å². The summed E-state index contributed by atoms with van der Waals surface area (Å²) in [6, 6.07) is 12.2. The van der Waals surface area contributed by atoms with Gasteiger partial charge in [-0.2, -0.15) is 0 Å². The summed E-state index contributed by atoms with van der Waals surface area (Å²) in [5, 5.41) is 0.720. The number of carbonyl (C=O) groups excluding carboxylic acids is 2. The molecule has 0 radical (unpaired) electrons. The molecule has 2 aromatic carbocycles. The molecule has 3 heteroatoms. The lowest BCUT2D eigenvalue weighted by atomic mass is 9.59. The number of hydrogen-bond donors (Lipinski definition) is 0. The Morgan fingerprint density at radius 2 is 1.52 bits per heavy atom. The number of fused-ring (bicyclic) bond motifs is 2. The zero-order chi connectivity index (χ0) is 20.3. The largest absolute Gasteiger partial charge is 0.298 e. The smallest absolute Gasteiger partial charge is 0.151 e. The fraction of sp³-hybridized carbons (Fsp3) is 0.462. The molecule has 2 nitrogen and oxygen atoms in total. The maximum atomic E-state index is 13.5. The lowest BCUT2D eigenvalue weighted by molar-refractivity contribution is -0.129. The van der Waals surface area contributed by atoms with Crippen molar-refractivity contribution in [1.29, 1.82) is 0 Å². The van der Waals surface area contributed by atoms with Gasteiger partial charge in [0.15, 0.2) is 11.6 Å². The van der Waals surface area contributed by atoms with Crippen LogP contribution in [0.3, 0.4) is 0 Å². The lowest BCUT2D eigenvalue weighted by Crippen LogP contribution is -2.41. The average Bonchev–Trinajstić information content (AvgIpc) is 3.01. The second-order valence-electron chi connectivity index (χ2n) is 9.19. The number of rotatable bonds is 3. The molecule has 2 aromatic rings. The molecule has 2 bridgehead atoms. The molecule has 4 fully saturated rings. The van der Waals surface area contributed by atoms with Gasteiger partial charge in [-0.15, -0.1) is 0 Å². The van der Waals surface area contributed by atoms with Crippen LogP contribution in [0.1, 0.15) is 55.2 Å². The van der Waals surface area contributed by atoms with E-state index < -0.39 is 5.92 Å². The van der Waals surface area contributed by atoms with Crippen LogP contribution in [0, 0.1) is 30.6 Å². The standard InChI is InChI=1S/C26H27ClO2/c1-3-15-4-9-18(20-11-10-19(27)12-14(20)2)13-21(15)24-25(28)22-16-5-6-17(8-7-16)23(22)26(24)29/h4,9-13,16-17,22-24H,3,5-8H2,1-2H3/t16?,17?,22-,23+,24?. The van der Waals surface area contributed by atoms with Gasteiger partial charge in [-0.3, -0.25) is 9.59 Å². The molecule has 6 rings (SSSR count). The van der Waals surface area contributed by atoms with Gasteiger partial charge >= 0.3 is 0 Å². The number of ketones is 2. The quantitative estimate of drug-likeness (QED) is 0.571. The molecule has 4 saturated carbocycles. The van der Waals surface area contributed by atoms with E-state index in [1.54, 1.807) is 0 Å². The number of aryl methyl sites for hydroxylation is 2. The average molecular weight is 407 g/mol. The molecule has 4 aliphatic carbocycles. The zero-order valence-corrected chi connectivity index (χ0v) is 17.8. The van der Waals surface area contributed by atoms with Crippen LogP contribution in [0.2, 0.25) is 5.02 Å². The van der Waals surface area contributed by atoms with Crippen molar-refractivity contribution >= 4 is 23.2 Å². The summed E-state index contributed by atoms with van der Waals surface area (Å²) in [4.78, 5) is 27.1. The highest BCUT2D eigenvalue weighted by Gasteiger charge is 2.59. The third-order valence-electron chi connectivity index (χ3n) is 7.78. The minimum Gasteiger partial charge on any atom is -0.298 e. The van der Waals surface area contributed by atoms with E-state index in [1.165, 1.54) is 0 Å². The molecular formula is C26H27ClO2. The van der Waals surface area contributed by atoms with Gasteiger partial charge in [-0.1, -0.05) is 36.7 Å². The van der Waals surface area contributed by atoms with E-state index in [1.807, 2.05) is 25.1 Å². The fourth-order valence-corrected chi connectivity index (χ4v) is 6.63. The second kappa shape index (κ2) is 7.09. The summed E-state index contributed by atoms with van der Waals surface area (Å²) < 4.78 is 0. The van der Waals surface area contributed by atoms with Gasteiger partial charge in [0, 0.05) is 16.9 Å². The first-order valence-electron chi connectivity index (χ1n) is 11.0. The van der Waals surface area contributed by atoms with Crippen molar-refractivity contribution < 1.29 is 9.59 Å². The minimum atomic E-state index is -0.561. The van der Waals surface area contributed by atoms with Crippen molar-refractivity contribution in [3.8, 4) is 11.1 Å². The van der Waals surface area contributed by atoms with Crippen LogP contribution in [-0.2, 0) is 16.0 Å². The molecule has 0 N–H and O–H groups in total. The highest BCUT2D eigenvalue weighted by Crippen LogP contribution is 2.56. The number of halogens is 1. The topological polar surface area (TPSA) is 34.1 Å². The molecule has 0 aromatic heterocycles. The van der Waals surface area contributed by atoms with Crippen molar-refractivity contribution in [3.05, 3.63) is 58.1 Å². The monoisotopic (exact) mass is 406 g/mol.